The van der Waals surface area contributed by atoms with E-state index < -0.39 is 0 Å². The zero-order valence-electron chi connectivity index (χ0n) is 12.4. The van der Waals surface area contributed by atoms with Gasteiger partial charge in [0.2, 0.25) is 0 Å². The van der Waals surface area contributed by atoms with Crippen LogP contribution in [0.25, 0.3) is 0 Å². The van der Waals surface area contributed by atoms with Crippen LogP contribution in [0, 0.1) is 0 Å². The highest BCUT2D eigenvalue weighted by Crippen LogP contribution is 2.13. The summed E-state index contributed by atoms with van der Waals surface area (Å²) in [6.07, 6.45) is 4.37. The van der Waals surface area contributed by atoms with E-state index in [1.54, 1.807) is 7.11 Å². The fourth-order valence-corrected chi connectivity index (χ4v) is 2.26. The Morgan fingerprint density at radius 3 is 2.65 bits per heavy atom. The van der Waals surface area contributed by atoms with E-state index in [1.165, 1.54) is 17.7 Å². The highest BCUT2D eigenvalue weighted by Gasteiger charge is 2.01. The average molecular weight is 272 g/mol. The molecule has 1 heterocycles. The van der Waals surface area contributed by atoms with Crippen molar-refractivity contribution in [3.05, 3.63) is 53.9 Å². The summed E-state index contributed by atoms with van der Waals surface area (Å²) in [7, 11) is 1.70. The predicted octanol–water partition coefficient (Wildman–Crippen LogP) is 3.24. The number of aryl methyl sites for hydroxylation is 2. The number of methoxy groups -OCH3 is 1. The van der Waals surface area contributed by atoms with E-state index in [9.17, 15) is 0 Å². The van der Waals surface area contributed by atoms with Crippen molar-refractivity contribution < 1.29 is 4.74 Å². The minimum absolute atomic E-state index is 0.916. The van der Waals surface area contributed by atoms with Crippen molar-refractivity contribution in [2.75, 3.05) is 13.7 Å². The molecule has 1 aromatic carbocycles. The molecule has 20 heavy (non-hydrogen) atoms. The predicted molar refractivity (Wildman–Crippen MR) is 83.1 cm³/mol. The first-order chi connectivity index (χ1) is 9.83. The van der Waals surface area contributed by atoms with E-state index in [4.69, 9.17) is 4.74 Å². The Morgan fingerprint density at radius 2 is 1.95 bits per heavy atom. The van der Waals surface area contributed by atoms with Crippen molar-refractivity contribution in [1.82, 2.24) is 9.88 Å². The standard InChI is InChI=1S/C17H24N2O/c1-3-11-18-14-16-5-4-12-19(16)13-10-15-6-8-17(20-2)9-7-15/h4-9,12,18H,3,10-11,13-14H2,1-2H3. The van der Waals surface area contributed by atoms with Gasteiger partial charge in [0, 0.05) is 25.0 Å². The highest BCUT2D eigenvalue weighted by molar-refractivity contribution is 5.27. The van der Waals surface area contributed by atoms with E-state index in [0.29, 0.717) is 0 Å². The van der Waals surface area contributed by atoms with Crippen LogP contribution < -0.4 is 10.1 Å². The summed E-state index contributed by atoms with van der Waals surface area (Å²) < 4.78 is 7.51. The number of hydrogen-bond donors (Lipinski definition) is 1. The van der Waals surface area contributed by atoms with Crippen molar-refractivity contribution in [2.24, 2.45) is 0 Å². The van der Waals surface area contributed by atoms with Gasteiger partial charge in [-0.25, -0.2) is 0 Å². The van der Waals surface area contributed by atoms with E-state index in [-0.39, 0.29) is 0 Å². The Kier molecular flexibility index (Phi) is 5.69. The monoisotopic (exact) mass is 272 g/mol. The number of ether oxygens (including phenoxy) is 1. The second-order valence-corrected chi connectivity index (χ2v) is 4.97. The maximum atomic E-state index is 5.18. The molecule has 0 saturated carbocycles. The molecular weight excluding hydrogens is 248 g/mol. The van der Waals surface area contributed by atoms with Crippen LogP contribution in [0.2, 0.25) is 0 Å². The summed E-state index contributed by atoms with van der Waals surface area (Å²) in [6, 6.07) is 12.6. The molecule has 2 rings (SSSR count). The number of nitrogens with one attached hydrogen (secondary N) is 1. The second-order valence-electron chi connectivity index (χ2n) is 4.97. The molecule has 0 spiro atoms. The fraction of sp³-hybridized carbons (Fsp3) is 0.412. The first kappa shape index (κ1) is 14.7. The van der Waals surface area contributed by atoms with E-state index in [0.717, 1.165) is 31.8 Å². The van der Waals surface area contributed by atoms with Crippen molar-refractivity contribution >= 4 is 0 Å². The van der Waals surface area contributed by atoms with Crippen molar-refractivity contribution in [3.63, 3.8) is 0 Å². The molecular formula is C17H24N2O. The molecule has 0 radical (unpaired) electrons. The molecule has 0 amide bonds. The zero-order valence-corrected chi connectivity index (χ0v) is 12.4. The van der Waals surface area contributed by atoms with Crippen LogP contribution in [-0.4, -0.2) is 18.2 Å². The number of hydrogen-bond acceptors (Lipinski definition) is 2. The van der Waals surface area contributed by atoms with Gasteiger partial charge in [0.1, 0.15) is 5.75 Å². The molecule has 108 valence electrons. The summed E-state index contributed by atoms with van der Waals surface area (Å²) in [5, 5.41) is 3.45. The third kappa shape index (κ3) is 4.14. The summed E-state index contributed by atoms with van der Waals surface area (Å²) in [6.45, 7) is 5.23. The number of rotatable bonds is 8. The molecule has 0 fully saturated rings. The van der Waals surface area contributed by atoms with Gasteiger partial charge in [-0.15, -0.1) is 0 Å². The molecule has 0 saturated heterocycles. The molecule has 0 aliphatic carbocycles. The lowest BCUT2D eigenvalue weighted by molar-refractivity contribution is 0.414. The number of aromatic nitrogens is 1. The van der Waals surface area contributed by atoms with Gasteiger partial charge < -0.3 is 14.6 Å². The van der Waals surface area contributed by atoms with Crippen LogP contribution in [-0.2, 0) is 19.5 Å². The Balaban J connectivity index is 1.88. The van der Waals surface area contributed by atoms with Crippen LogP contribution >= 0.6 is 0 Å². The van der Waals surface area contributed by atoms with Gasteiger partial charge in [-0.1, -0.05) is 19.1 Å². The third-order valence-corrected chi connectivity index (χ3v) is 3.46. The first-order valence-electron chi connectivity index (χ1n) is 7.31. The molecule has 0 bridgehead atoms. The van der Waals surface area contributed by atoms with E-state index >= 15 is 0 Å². The fourth-order valence-electron chi connectivity index (χ4n) is 2.26. The van der Waals surface area contributed by atoms with Crippen LogP contribution in [0.15, 0.2) is 42.6 Å². The molecule has 0 unspecified atom stereocenters. The van der Waals surface area contributed by atoms with Gasteiger partial charge in [0.15, 0.2) is 0 Å². The molecule has 1 aromatic heterocycles. The van der Waals surface area contributed by atoms with Crippen LogP contribution in [0.5, 0.6) is 5.75 Å². The highest BCUT2D eigenvalue weighted by atomic mass is 16.5. The van der Waals surface area contributed by atoms with Crippen LogP contribution in [0.4, 0.5) is 0 Å². The Bertz CT molecular complexity index is 502. The largest absolute Gasteiger partial charge is 0.497 e. The first-order valence-corrected chi connectivity index (χ1v) is 7.31. The molecule has 3 nitrogen and oxygen atoms in total. The van der Waals surface area contributed by atoms with Gasteiger partial charge in [-0.3, -0.25) is 0 Å². The van der Waals surface area contributed by atoms with Gasteiger partial charge >= 0.3 is 0 Å². The average Bonchev–Trinajstić information content (AvgIpc) is 2.93. The lowest BCUT2D eigenvalue weighted by Crippen LogP contribution is -2.17. The quantitative estimate of drug-likeness (QED) is 0.747. The van der Waals surface area contributed by atoms with Gasteiger partial charge in [0.05, 0.1) is 7.11 Å². The summed E-state index contributed by atoms with van der Waals surface area (Å²) in [5.41, 5.74) is 2.69. The Labute approximate surface area is 121 Å². The van der Waals surface area contributed by atoms with Crippen molar-refractivity contribution in [3.8, 4) is 5.75 Å². The summed E-state index contributed by atoms with van der Waals surface area (Å²) >= 11 is 0. The molecule has 2 aromatic rings. The smallest absolute Gasteiger partial charge is 0.118 e. The van der Waals surface area contributed by atoms with E-state index in [1.807, 2.05) is 12.1 Å². The van der Waals surface area contributed by atoms with Crippen molar-refractivity contribution in [1.29, 1.82) is 0 Å². The molecule has 1 N–H and O–H groups in total. The van der Waals surface area contributed by atoms with Crippen LogP contribution in [0.3, 0.4) is 0 Å². The van der Waals surface area contributed by atoms with Crippen molar-refractivity contribution in [2.45, 2.75) is 32.9 Å². The normalized spacial score (nSPS) is 10.7. The maximum Gasteiger partial charge on any atom is 0.118 e. The lowest BCUT2D eigenvalue weighted by atomic mass is 10.1. The van der Waals surface area contributed by atoms with Gasteiger partial charge in [-0.05, 0) is 49.2 Å². The molecule has 0 atom stereocenters. The minimum atomic E-state index is 0.916. The van der Waals surface area contributed by atoms with Crippen LogP contribution in [0.1, 0.15) is 24.6 Å². The molecule has 3 heteroatoms. The minimum Gasteiger partial charge on any atom is -0.497 e. The van der Waals surface area contributed by atoms with Gasteiger partial charge in [-0.2, -0.15) is 0 Å². The Morgan fingerprint density at radius 1 is 1.15 bits per heavy atom. The maximum absolute atomic E-state index is 5.18. The summed E-state index contributed by atoms with van der Waals surface area (Å²) in [4.78, 5) is 0. The number of nitrogens with zero attached hydrogens (tertiary/aromatic N) is 1. The lowest BCUT2D eigenvalue weighted by Gasteiger charge is -2.10. The summed E-state index contributed by atoms with van der Waals surface area (Å²) in [5.74, 6) is 0.916. The zero-order chi connectivity index (χ0) is 14.2. The Hall–Kier alpha value is -1.74. The molecule has 0 aliphatic rings. The SMILES string of the molecule is CCCNCc1cccn1CCc1ccc(OC)cc1. The van der Waals surface area contributed by atoms with Gasteiger partial charge in [0.25, 0.3) is 0 Å². The molecule has 0 aliphatic heterocycles. The second kappa shape index (κ2) is 7.75. The van der Waals surface area contributed by atoms with E-state index in [2.05, 4.69) is 47.3 Å². The topological polar surface area (TPSA) is 26.2 Å². The third-order valence-electron chi connectivity index (χ3n) is 3.46. The number of benzene rings is 1.